The number of sulfonamides is 1. The van der Waals surface area contributed by atoms with Crippen LogP contribution in [0.1, 0.15) is 27.0 Å². The first kappa shape index (κ1) is 28.2. The topological polar surface area (TPSA) is 108 Å². The Morgan fingerprint density at radius 1 is 0.892 bits per heavy atom. The van der Waals surface area contributed by atoms with Crippen molar-refractivity contribution in [1.82, 2.24) is 4.72 Å². The zero-order chi connectivity index (χ0) is 26.7. The largest absolute Gasteiger partial charge is 0.448 e. The van der Waals surface area contributed by atoms with Gasteiger partial charge in [-0.1, -0.05) is 78.4 Å². The summed E-state index contributed by atoms with van der Waals surface area (Å²) in [6.45, 7) is 2.02. The molecule has 1 N–H and O–H groups in total. The Balaban J connectivity index is 1.84. The fourth-order valence-electron chi connectivity index (χ4n) is 3.61. The third-order valence-corrected chi connectivity index (χ3v) is 6.18. The van der Waals surface area contributed by atoms with Gasteiger partial charge in [-0.2, -0.15) is 0 Å². The van der Waals surface area contributed by atoms with Gasteiger partial charge in [-0.15, -0.1) is 0 Å². The molecule has 9 heteroatoms. The zero-order valence-electron chi connectivity index (χ0n) is 20.8. The normalized spacial score (nSPS) is 13.9. The minimum absolute atomic E-state index is 0.0541. The summed E-state index contributed by atoms with van der Waals surface area (Å²) in [7, 11) is -3.74. The van der Waals surface area contributed by atoms with Gasteiger partial charge in [0.25, 0.3) is 0 Å². The van der Waals surface area contributed by atoms with E-state index >= 15 is 0 Å². The molecule has 0 radical (unpaired) electrons. The molecule has 0 bridgehead atoms. The van der Waals surface area contributed by atoms with Gasteiger partial charge in [-0.05, 0) is 30.2 Å². The molecule has 8 nitrogen and oxygen atoms in total. The van der Waals surface area contributed by atoms with Crippen LogP contribution >= 0.6 is 0 Å². The van der Waals surface area contributed by atoms with E-state index in [1.54, 1.807) is 24.3 Å². The fraction of sp³-hybridized carbons (Fsp3) is 0.286. The van der Waals surface area contributed by atoms with Crippen LogP contribution in [-0.2, 0) is 42.2 Å². The van der Waals surface area contributed by atoms with Gasteiger partial charge in [-0.3, -0.25) is 4.79 Å². The average molecular weight is 526 g/mol. The lowest BCUT2D eigenvalue weighted by Crippen LogP contribution is -2.53. The zero-order valence-corrected chi connectivity index (χ0v) is 21.6. The van der Waals surface area contributed by atoms with E-state index in [0.717, 1.165) is 22.9 Å². The first-order chi connectivity index (χ1) is 17.7. The van der Waals surface area contributed by atoms with Gasteiger partial charge in [-0.25, -0.2) is 17.9 Å². The highest BCUT2D eigenvalue weighted by Crippen LogP contribution is 2.16. The number of benzene rings is 3. The van der Waals surface area contributed by atoms with Crippen LogP contribution in [-0.4, -0.2) is 51.8 Å². The van der Waals surface area contributed by atoms with Crippen LogP contribution in [0.5, 0.6) is 0 Å². The monoisotopic (exact) mass is 525 g/mol. The molecule has 3 aromatic carbocycles. The molecule has 0 fully saturated rings. The summed E-state index contributed by atoms with van der Waals surface area (Å²) in [6, 6.07) is 24.2. The van der Waals surface area contributed by atoms with Crippen molar-refractivity contribution >= 4 is 22.3 Å². The van der Waals surface area contributed by atoms with E-state index in [2.05, 4.69) is 4.72 Å². The van der Waals surface area contributed by atoms with Crippen molar-refractivity contribution in [2.24, 2.45) is 0 Å². The second-order valence-electron chi connectivity index (χ2n) is 8.63. The summed E-state index contributed by atoms with van der Waals surface area (Å²) >= 11 is 0. The lowest BCUT2D eigenvalue weighted by atomic mass is 10.1. The fourth-order valence-corrected chi connectivity index (χ4v) is 4.36. The van der Waals surface area contributed by atoms with Gasteiger partial charge in [0.1, 0.15) is 6.10 Å². The molecule has 0 unspecified atom stereocenters. The predicted molar refractivity (Wildman–Crippen MR) is 139 cm³/mol. The van der Waals surface area contributed by atoms with Crippen molar-refractivity contribution < 1.29 is 32.2 Å². The number of carbonyl (C=O) groups is 2. The number of carbonyl (C=O) groups excluding carboxylic acids is 2. The maximum absolute atomic E-state index is 12.8. The maximum Gasteiger partial charge on any atom is 0.338 e. The number of ether oxygens (including phenoxy) is 3. The third-order valence-electron chi connectivity index (χ3n) is 5.44. The minimum Gasteiger partial charge on any atom is -0.448 e. The number of nitrogens with one attached hydrogen (secondary N) is 1. The van der Waals surface area contributed by atoms with Gasteiger partial charge in [0.2, 0.25) is 10.0 Å². The summed E-state index contributed by atoms with van der Waals surface area (Å²) in [4.78, 5) is 25.0. The Hall–Kier alpha value is -3.37. The molecule has 0 aromatic heterocycles. The molecule has 196 valence electrons. The highest BCUT2D eigenvalue weighted by atomic mass is 32.2. The highest BCUT2D eigenvalue weighted by Gasteiger charge is 2.35. The predicted octanol–water partition coefficient (Wildman–Crippen LogP) is 3.44. The number of aryl methyl sites for hydroxylation is 1. The molecule has 0 heterocycles. The summed E-state index contributed by atoms with van der Waals surface area (Å²) in [5.41, 5.74) is 2.90. The third kappa shape index (κ3) is 9.55. The number of esters is 1. The number of hydrogen-bond donors (Lipinski definition) is 1. The molecule has 3 aromatic rings. The molecule has 37 heavy (non-hydrogen) atoms. The quantitative estimate of drug-likeness (QED) is 0.254. The Bertz CT molecular complexity index is 1230. The molecule has 0 saturated carbocycles. The van der Waals surface area contributed by atoms with Crippen LogP contribution in [0.2, 0.25) is 0 Å². The van der Waals surface area contributed by atoms with Gasteiger partial charge < -0.3 is 14.2 Å². The van der Waals surface area contributed by atoms with E-state index in [9.17, 15) is 18.0 Å². The van der Waals surface area contributed by atoms with E-state index < -0.39 is 34.2 Å². The first-order valence-electron chi connectivity index (χ1n) is 11.7. The van der Waals surface area contributed by atoms with Crippen molar-refractivity contribution in [2.75, 3.05) is 12.9 Å². The summed E-state index contributed by atoms with van der Waals surface area (Å²) < 4.78 is 44.3. The van der Waals surface area contributed by atoms with Gasteiger partial charge in [0.05, 0.1) is 37.7 Å². The second kappa shape index (κ2) is 13.8. The van der Waals surface area contributed by atoms with Crippen molar-refractivity contribution in [3.05, 3.63) is 107 Å². The molecular formula is C28H31NO7S. The van der Waals surface area contributed by atoms with E-state index in [0.29, 0.717) is 6.29 Å². The Morgan fingerprint density at radius 3 is 2.00 bits per heavy atom. The Labute approximate surface area is 217 Å². The molecule has 3 atom stereocenters. The molecule has 0 aliphatic carbocycles. The van der Waals surface area contributed by atoms with Crippen LogP contribution in [0, 0.1) is 6.92 Å². The van der Waals surface area contributed by atoms with E-state index in [1.165, 1.54) is 0 Å². The van der Waals surface area contributed by atoms with Crippen LogP contribution in [0.25, 0.3) is 0 Å². The van der Waals surface area contributed by atoms with Crippen LogP contribution in [0.15, 0.2) is 84.9 Å². The standard InChI is InChI=1S/C28H31NO7S/c1-21-13-15-24(16-14-21)28(31)36-26(17-30)27(35-19-23-11-7-4-8-12-23)25(29-37(2,32)33)20-34-18-22-9-5-3-6-10-22/h3-17,25-27,29H,18-20H2,1-2H3/t25-,26+,27+/m0/s1. The van der Waals surface area contributed by atoms with Crippen LogP contribution in [0.3, 0.4) is 0 Å². The summed E-state index contributed by atoms with van der Waals surface area (Å²) in [5, 5.41) is 0. The van der Waals surface area contributed by atoms with E-state index in [-0.39, 0.29) is 25.4 Å². The van der Waals surface area contributed by atoms with Crippen LogP contribution < -0.4 is 4.72 Å². The molecule has 0 spiro atoms. The number of hydrogen-bond acceptors (Lipinski definition) is 7. The SMILES string of the molecule is Cc1ccc(C(=O)O[C@H](C=O)[C@H](OCc2ccccc2)[C@H](COCc2ccccc2)NS(C)(=O)=O)cc1. The van der Waals surface area contributed by atoms with Gasteiger partial charge >= 0.3 is 5.97 Å². The van der Waals surface area contributed by atoms with E-state index in [1.807, 2.05) is 67.6 Å². The van der Waals surface area contributed by atoms with Crippen LogP contribution in [0.4, 0.5) is 0 Å². The smallest absolute Gasteiger partial charge is 0.338 e. The molecule has 3 rings (SSSR count). The second-order valence-corrected chi connectivity index (χ2v) is 10.4. The van der Waals surface area contributed by atoms with Gasteiger partial charge in [0.15, 0.2) is 12.4 Å². The summed E-state index contributed by atoms with van der Waals surface area (Å²) in [6.07, 6.45) is -1.13. The number of aldehydes is 1. The summed E-state index contributed by atoms with van der Waals surface area (Å²) in [5.74, 6) is -0.728. The van der Waals surface area contributed by atoms with Crippen molar-refractivity contribution in [3.8, 4) is 0 Å². The first-order valence-corrected chi connectivity index (χ1v) is 13.6. The molecule has 0 aliphatic heterocycles. The van der Waals surface area contributed by atoms with Gasteiger partial charge in [0, 0.05) is 0 Å². The molecular weight excluding hydrogens is 494 g/mol. The lowest BCUT2D eigenvalue weighted by Gasteiger charge is -2.31. The molecule has 0 saturated heterocycles. The number of rotatable bonds is 14. The molecule has 0 aliphatic rings. The Morgan fingerprint density at radius 2 is 1.46 bits per heavy atom. The maximum atomic E-state index is 12.8. The van der Waals surface area contributed by atoms with E-state index in [4.69, 9.17) is 14.2 Å². The average Bonchev–Trinajstić information content (AvgIpc) is 2.88. The van der Waals surface area contributed by atoms with Crippen molar-refractivity contribution in [1.29, 1.82) is 0 Å². The van der Waals surface area contributed by atoms with Crippen molar-refractivity contribution in [3.63, 3.8) is 0 Å². The minimum atomic E-state index is -3.74. The lowest BCUT2D eigenvalue weighted by molar-refractivity contribution is -0.129. The molecule has 0 amide bonds. The van der Waals surface area contributed by atoms with Crippen molar-refractivity contribution in [2.45, 2.75) is 38.4 Å². The highest BCUT2D eigenvalue weighted by molar-refractivity contribution is 7.88. The Kier molecular flexibility index (Phi) is 10.5.